The largest absolute Gasteiger partial charge is 0.479 e. The average Bonchev–Trinajstić information content (AvgIpc) is 3.13. The molecule has 2 fully saturated rings. The molecule has 18 heavy (non-hydrogen) atoms. The maximum Gasteiger partial charge on any atom is 0.339 e. The number of carbonyl (C=O) groups is 4. The van der Waals surface area contributed by atoms with Crippen molar-refractivity contribution in [3.05, 3.63) is 0 Å². The van der Waals surface area contributed by atoms with Gasteiger partial charge in [0.1, 0.15) is 0 Å². The highest BCUT2D eigenvalue weighted by atomic mass is 16.8. The van der Waals surface area contributed by atoms with Crippen LogP contribution in [0, 0.1) is 0 Å². The standard InChI is InChI=1S/2C4H4O5/c2*5-1-8-4-2(9-4)3(6)7/h2*1-2,4H,(H,6,7)/t2-,4+;/m1./s1. The summed E-state index contributed by atoms with van der Waals surface area (Å²) >= 11 is 0. The van der Waals surface area contributed by atoms with E-state index in [2.05, 4.69) is 18.9 Å². The van der Waals surface area contributed by atoms with E-state index >= 15 is 0 Å². The number of hydrogen-bond donors (Lipinski definition) is 2. The molecule has 0 radical (unpaired) electrons. The minimum atomic E-state index is -1.11. The quantitative estimate of drug-likeness (QED) is 0.404. The lowest BCUT2D eigenvalue weighted by molar-refractivity contribution is -0.140. The van der Waals surface area contributed by atoms with Gasteiger partial charge in [-0.05, 0) is 0 Å². The summed E-state index contributed by atoms with van der Waals surface area (Å²) in [6.07, 6.45) is -3.62. The number of hydrogen-bond acceptors (Lipinski definition) is 8. The van der Waals surface area contributed by atoms with Gasteiger partial charge in [0, 0.05) is 0 Å². The third kappa shape index (κ3) is 3.99. The Morgan fingerprint density at radius 1 is 0.889 bits per heavy atom. The summed E-state index contributed by atoms with van der Waals surface area (Å²) in [4.78, 5) is 38.9. The minimum Gasteiger partial charge on any atom is -0.479 e. The van der Waals surface area contributed by atoms with Crippen molar-refractivity contribution in [3.8, 4) is 0 Å². The number of carboxylic acids is 2. The number of epoxide rings is 2. The van der Waals surface area contributed by atoms with Crippen molar-refractivity contribution >= 4 is 24.9 Å². The van der Waals surface area contributed by atoms with Crippen LogP contribution in [0.5, 0.6) is 0 Å². The van der Waals surface area contributed by atoms with E-state index in [4.69, 9.17) is 10.2 Å². The van der Waals surface area contributed by atoms with Crippen LogP contribution in [-0.2, 0) is 38.1 Å². The molecular weight excluding hydrogens is 256 g/mol. The maximum atomic E-state index is 9.93. The predicted octanol–water partition coefficient (Wildman–Crippen LogP) is -2.06. The second-order valence-electron chi connectivity index (χ2n) is 2.99. The zero-order valence-corrected chi connectivity index (χ0v) is 8.62. The number of rotatable bonds is 6. The minimum absolute atomic E-state index is 0.160. The van der Waals surface area contributed by atoms with E-state index in [-0.39, 0.29) is 12.9 Å². The molecule has 4 atom stereocenters. The summed E-state index contributed by atoms with van der Waals surface area (Å²) in [7, 11) is 0. The molecule has 0 aromatic heterocycles. The molecule has 2 saturated heterocycles. The highest BCUT2D eigenvalue weighted by molar-refractivity contribution is 5.76. The highest BCUT2D eigenvalue weighted by Crippen LogP contribution is 2.22. The van der Waals surface area contributed by atoms with Crippen molar-refractivity contribution in [1.82, 2.24) is 0 Å². The van der Waals surface area contributed by atoms with Gasteiger partial charge in [-0.25, -0.2) is 9.59 Å². The van der Waals surface area contributed by atoms with Gasteiger partial charge in [-0.15, -0.1) is 0 Å². The Morgan fingerprint density at radius 2 is 1.22 bits per heavy atom. The van der Waals surface area contributed by atoms with Gasteiger partial charge < -0.3 is 29.2 Å². The Kier molecular flexibility index (Phi) is 4.57. The Hall–Kier alpha value is -2.20. The van der Waals surface area contributed by atoms with Crippen molar-refractivity contribution < 1.29 is 48.3 Å². The molecule has 0 bridgehead atoms. The molecule has 0 aromatic rings. The summed E-state index contributed by atoms with van der Waals surface area (Å²) in [5.41, 5.74) is 0. The van der Waals surface area contributed by atoms with Crippen LogP contribution in [0.3, 0.4) is 0 Å². The van der Waals surface area contributed by atoms with E-state index in [1.807, 2.05) is 0 Å². The van der Waals surface area contributed by atoms with E-state index in [0.29, 0.717) is 0 Å². The summed E-state index contributed by atoms with van der Waals surface area (Å²) in [6.45, 7) is 0.321. The first-order chi connectivity index (χ1) is 8.51. The number of ether oxygens (including phenoxy) is 4. The molecular formula is C8H8O10. The summed E-state index contributed by atoms with van der Waals surface area (Å²) in [6, 6.07) is 0. The molecule has 10 heteroatoms. The van der Waals surface area contributed by atoms with Gasteiger partial charge in [-0.1, -0.05) is 0 Å². The van der Waals surface area contributed by atoms with E-state index in [1.54, 1.807) is 0 Å². The van der Waals surface area contributed by atoms with Crippen LogP contribution in [0.25, 0.3) is 0 Å². The second kappa shape index (κ2) is 5.93. The molecule has 2 unspecified atom stereocenters. The topological polar surface area (TPSA) is 152 Å². The first kappa shape index (κ1) is 13.9. The second-order valence-corrected chi connectivity index (χ2v) is 2.99. The number of carbonyl (C=O) groups excluding carboxylic acids is 2. The lowest BCUT2D eigenvalue weighted by Crippen LogP contribution is -2.09. The van der Waals surface area contributed by atoms with E-state index < -0.39 is 36.7 Å². The molecule has 0 aliphatic carbocycles. The van der Waals surface area contributed by atoms with Gasteiger partial charge in [0.25, 0.3) is 12.9 Å². The monoisotopic (exact) mass is 264 g/mol. The van der Waals surface area contributed by atoms with Crippen molar-refractivity contribution in [1.29, 1.82) is 0 Å². The van der Waals surface area contributed by atoms with E-state index in [1.165, 1.54) is 0 Å². The predicted molar refractivity (Wildman–Crippen MR) is 46.9 cm³/mol. The SMILES string of the molecule is O=COC1OC1C(=O)O.O=CO[C@H]1O[C@@H]1C(=O)O. The molecule has 2 heterocycles. The molecule has 100 valence electrons. The molecule has 0 spiro atoms. The zero-order chi connectivity index (χ0) is 13.7. The van der Waals surface area contributed by atoms with Gasteiger partial charge in [-0.3, -0.25) is 9.59 Å². The summed E-state index contributed by atoms with van der Waals surface area (Å²) < 4.78 is 17.0. The fourth-order valence-corrected chi connectivity index (χ4v) is 0.864. The first-order valence-corrected chi connectivity index (χ1v) is 4.46. The molecule has 2 aliphatic rings. The van der Waals surface area contributed by atoms with Crippen molar-refractivity contribution in [3.63, 3.8) is 0 Å². The molecule has 0 amide bonds. The normalized spacial score (nSPS) is 31.1. The zero-order valence-electron chi connectivity index (χ0n) is 8.62. The van der Waals surface area contributed by atoms with Crippen molar-refractivity contribution in [2.75, 3.05) is 0 Å². The van der Waals surface area contributed by atoms with Crippen molar-refractivity contribution in [2.45, 2.75) is 24.8 Å². The average molecular weight is 264 g/mol. The van der Waals surface area contributed by atoms with E-state index in [0.717, 1.165) is 0 Å². The smallest absolute Gasteiger partial charge is 0.339 e. The van der Waals surface area contributed by atoms with Gasteiger partial charge in [0.15, 0.2) is 0 Å². The van der Waals surface area contributed by atoms with Crippen LogP contribution in [0.15, 0.2) is 0 Å². The molecule has 0 aromatic carbocycles. The Morgan fingerprint density at radius 3 is 1.39 bits per heavy atom. The number of carboxylic acid groups (broad SMARTS) is 2. The van der Waals surface area contributed by atoms with Gasteiger partial charge >= 0.3 is 11.9 Å². The molecule has 2 N–H and O–H groups in total. The van der Waals surface area contributed by atoms with Crippen LogP contribution >= 0.6 is 0 Å². The third-order valence-electron chi connectivity index (χ3n) is 1.77. The molecule has 0 saturated carbocycles. The summed E-state index contributed by atoms with van der Waals surface area (Å²) in [5, 5.41) is 16.3. The summed E-state index contributed by atoms with van der Waals surface area (Å²) in [5.74, 6) is -2.22. The Labute approximate surface area is 99.0 Å². The van der Waals surface area contributed by atoms with Gasteiger partial charge in [0.05, 0.1) is 0 Å². The third-order valence-corrected chi connectivity index (χ3v) is 1.77. The van der Waals surface area contributed by atoms with Crippen LogP contribution in [-0.4, -0.2) is 59.9 Å². The fourth-order valence-electron chi connectivity index (χ4n) is 0.864. The van der Waals surface area contributed by atoms with Crippen LogP contribution in [0.1, 0.15) is 0 Å². The Balaban J connectivity index is 0.000000180. The molecule has 10 nitrogen and oxygen atoms in total. The molecule has 2 aliphatic heterocycles. The highest BCUT2D eigenvalue weighted by Gasteiger charge is 2.48. The Bertz CT molecular complexity index is 318. The molecule has 2 rings (SSSR count). The fraction of sp³-hybridized carbons (Fsp3) is 0.500. The van der Waals surface area contributed by atoms with E-state index in [9.17, 15) is 19.2 Å². The first-order valence-electron chi connectivity index (χ1n) is 4.46. The lowest BCUT2D eigenvalue weighted by Gasteiger charge is -1.83. The van der Waals surface area contributed by atoms with Crippen LogP contribution in [0.4, 0.5) is 0 Å². The van der Waals surface area contributed by atoms with Crippen molar-refractivity contribution in [2.24, 2.45) is 0 Å². The van der Waals surface area contributed by atoms with Gasteiger partial charge in [0.2, 0.25) is 24.8 Å². The lowest BCUT2D eigenvalue weighted by atomic mass is 10.5. The number of aliphatic carboxylic acids is 2. The van der Waals surface area contributed by atoms with Crippen LogP contribution < -0.4 is 0 Å². The van der Waals surface area contributed by atoms with Gasteiger partial charge in [-0.2, -0.15) is 0 Å². The maximum absolute atomic E-state index is 9.93. The van der Waals surface area contributed by atoms with Crippen LogP contribution in [0.2, 0.25) is 0 Å².